The minimum Gasteiger partial charge on any atom is -0.463 e. The van der Waals surface area contributed by atoms with Gasteiger partial charge in [-0.15, -0.1) is 0 Å². The third-order valence-electron chi connectivity index (χ3n) is 4.41. The molecule has 3 rings (SSSR count). The minimum atomic E-state index is -3.59. The van der Waals surface area contributed by atoms with Gasteiger partial charge in [-0.1, -0.05) is 20.8 Å². The molecule has 0 aromatic rings. The first-order valence-corrected chi connectivity index (χ1v) is 8.23. The second kappa shape index (κ2) is 3.73. The summed E-state index contributed by atoms with van der Waals surface area (Å²) in [5.41, 5.74) is -1.35. The van der Waals surface area contributed by atoms with E-state index in [0.717, 1.165) is 6.42 Å². The summed E-state index contributed by atoms with van der Waals surface area (Å²) in [6.45, 7) is 6.18. The van der Waals surface area contributed by atoms with Gasteiger partial charge in [-0.2, -0.15) is 8.42 Å². The monoisotopic (exact) mass is 288 g/mol. The molecule has 0 aromatic carbocycles. The molecule has 1 aliphatic heterocycles. The summed E-state index contributed by atoms with van der Waals surface area (Å²) in [7, 11) is -3.59. The number of fused-ring (bicyclic) bond motifs is 1. The van der Waals surface area contributed by atoms with Crippen molar-refractivity contribution < 1.29 is 22.1 Å². The Balaban J connectivity index is 1.83. The molecule has 3 fully saturated rings. The molecule has 2 bridgehead atoms. The van der Waals surface area contributed by atoms with E-state index in [4.69, 9.17) is 8.92 Å². The number of hydrogen-bond acceptors (Lipinski definition) is 5. The summed E-state index contributed by atoms with van der Waals surface area (Å²) in [6, 6.07) is 0. The Labute approximate surface area is 113 Å². The van der Waals surface area contributed by atoms with Gasteiger partial charge in [-0.05, 0) is 30.6 Å². The average Bonchev–Trinajstić information content (AvgIpc) is 2.83. The van der Waals surface area contributed by atoms with Gasteiger partial charge >= 0.3 is 5.97 Å². The molecular formula is C13H20O5S. The van der Waals surface area contributed by atoms with E-state index in [1.165, 1.54) is 0 Å². The van der Waals surface area contributed by atoms with E-state index in [1.807, 2.05) is 20.8 Å². The van der Waals surface area contributed by atoms with Gasteiger partial charge in [0.05, 0.1) is 11.9 Å². The molecular weight excluding hydrogens is 268 g/mol. The maximum absolute atomic E-state index is 12.3. The second-order valence-electron chi connectivity index (χ2n) is 7.29. The highest BCUT2D eigenvalue weighted by atomic mass is 32.2. The van der Waals surface area contributed by atoms with Crippen molar-refractivity contribution in [3.63, 3.8) is 0 Å². The lowest BCUT2D eigenvalue weighted by Gasteiger charge is -2.28. The maximum atomic E-state index is 12.3. The van der Waals surface area contributed by atoms with Crippen molar-refractivity contribution in [3.8, 4) is 0 Å². The van der Waals surface area contributed by atoms with Gasteiger partial charge in [0, 0.05) is 5.92 Å². The van der Waals surface area contributed by atoms with E-state index in [1.54, 1.807) is 0 Å². The first-order chi connectivity index (χ1) is 8.64. The number of esters is 1. The molecule has 108 valence electrons. The van der Waals surface area contributed by atoms with Crippen LogP contribution in [0.15, 0.2) is 0 Å². The van der Waals surface area contributed by atoms with Crippen LogP contribution in [0.1, 0.15) is 40.0 Å². The molecule has 19 heavy (non-hydrogen) atoms. The topological polar surface area (TPSA) is 69.7 Å². The summed E-state index contributed by atoms with van der Waals surface area (Å²) in [6.07, 6.45) is 1.91. The van der Waals surface area contributed by atoms with Crippen LogP contribution >= 0.6 is 0 Å². The van der Waals surface area contributed by atoms with E-state index in [-0.39, 0.29) is 23.9 Å². The molecule has 0 aromatic heterocycles. The Morgan fingerprint density at radius 3 is 2.63 bits per heavy atom. The van der Waals surface area contributed by atoms with Crippen LogP contribution in [-0.4, -0.2) is 31.8 Å². The van der Waals surface area contributed by atoms with E-state index in [9.17, 15) is 13.2 Å². The van der Waals surface area contributed by atoms with Gasteiger partial charge in [0.15, 0.2) is 5.60 Å². The molecule has 0 amide bonds. The van der Waals surface area contributed by atoms with Gasteiger partial charge in [0.1, 0.15) is 0 Å². The molecule has 1 heterocycles. The standard InChI is InChI=1S/C13H20O5S/c1-12(2,3)7-17-11(14)13-6-8-4-9(13)10(5-8)19(15,16)18-13/h8-10H,4-7H2,1-3H3. The lowest BCUT2D eigenvalue weighted by atomic mass is 9.84. The summed E-state index contributed by atoms with van der Waals surface area (Å²) >= 11 is 0. The molecule has 0 radical (unpaired) electrons. The molecule has 2 saturated carbocycles. The summed E-state index contributed by atoms with van der Waals surface area (Å²) in [5, 5.41) is -0.492. The van der Waals surface area contributed by atoms with Crippen molar-refractivity contribution in [3.05, 3.63) is 0 Å². The second-order valence-corrected chi connectivity index (χ2v) is 9.05. The lowest BCUT2D eigenvalue weighted by Crippen LogP contribution is -2.45. The molecule has 4 atom stereocenters. The van der Waals surface area contributed by atoms with E-state index < -0.39 is 26.9 Å². The van der Waals surface area contributed by atoms with Crippen molar-refractivity contribution in [1.82, 2.24) is 0 Å². The largest absolute Gasteiger partial charge is 0.463 e. The van der Waals surface area contributed by atoms with Gasteiger partial charge in [-0.25, -0.2) is 4.79 Å². The highest BCUT2D eigenvalue weighted by molar-refractivity contribution is 7.87. The van der Waals surface area contributed by atoms with E-state index >= 15 is 0 Å². The summed E-state index contributed by atoms with van der Waals surface area (Å²) < 4.78 is 34.5. The van der Waals surface area contributed by atoms with Crippen molar-refractivity contribution >= 4 is 16.1 Å². The highest BCUT2D eigenvalue weighted by Gasteiger charge is 2.71. The molecule has 5 nitrogen and oxygen atoms in total. The molecule has 3 aliphatic rings. The summed E-state index contributed by atoms with van der Waals surface area (Å²) in [4.78, 5) is 12.3. The van der Waals surface area contributed by atoms with Crippen LogP contribution in [0.4, 0.5) is 0 Å². The zero-order valence-electron chi connectivity index (χ0n) is 11.5. The first kappa shape index (κ1) is 13.4. The smallest absolute Gasteiger partial charge is 0.340 e. The van der Waals surface area contributed by atoms with Crippen LogP contribution in [0.2, 0.25) is 0 Å². The number of hydrogen-bond donors (Lipinski definition) is 0. The number of carbonyl (C=O) groups is 1. The quantitative estimate of drug-likeness (QED) is 0.568. The SMILES string of the molecule is CC(C)(C)COC(=O)C12CC3CC1C(C3)S(=O)(=O)O2. The fraction of sp³-hybridized carbons (Fsp3) is 0.923. The van der Waals surface area contributed by atoms with E-state index in [0.29, 0.717) is 12.8 Å². The molecule has 2 aliphatic carbocycles. The Bertz CT molecular complexity index is 518. The van der Waals surface area contributed by atoms with Crippen molar-refractivity contribution in [1.29, 1.82) is 0 Å². The molecule has 0 spiro atoms. The van der Waals surface area contributed by atoms with Gasteiger partial charge < -0.3 is 4.74 Å². The normalized spacial score (nSPS) is 42.6. The van der Waals surface area contributed by atoms with Crippen LogP contribution in [0.25, 0.3) is 0 Å². The predicted molar refractivity (Wildman–Crippen MR) is 67.8 cm³/mol. The van der Waals surface area contributed by atoms with Crippen LogP contribution in [0, 0.1) is 17.3 Å². The van der Waals surface area contributed by atoms with Crippen molar-refractivity contribution in [2.75, 3.05) is 6.61 Å². The van der Waals surface area contributed by atoms with E-state index in [2.05, 4.69) is 0 Å². The number of ether oxygens (including phenoxy) is 1. The number of rotatable bonds is 2. The summed E-state index contributed by atoms with van der Waals surface area (Å²) in [5.74, 6) is -0.398. The Kier molecular flexibility index (Phi) is 2.62. The van der Waals surface area contributed by atoms with Crippen LogP contribution in [0.5, 0.6) is 0 Å². The third kappa shape index (κ3) is 1.91. The fourth-order valence-corrected chi connectivity index (χ4v) is 5.73. The van der Waals surface area contributed by atoms with Gasteiger partial charge in [-0.3, -0.25) is 4.18 Å². The predicted octanol–water partition coefficient (Wildman–Crippen LogP) is 1.47. The number of carbonyl (C=O) groups excluding carboxylic acids is 1. The third-order valence-corrected chi connectivity index (χ3v) is 6.20. The van der Waals surface area contributed by atoms with Crippen LogP contribution < -0.4 is 0 Å². The minimum absolute atomic E-state index is 0.138. The van der Waals surface area contributed by atoms with Crippen LogP contribution in [-0.2, 0) is 23.8 Å². The molecule has 1 saturated heterocycles. The Morgan fingerprint density at radius 1 is 1.37 bits per heavy atom. The van der Waals surface area contributed by atoms with Gasteiger partial charge in [0.25, 0.3) is 10.1 Å². The maximum Gasteiger partial charge on any atom is 0.340 e. The Morgan fingerprint density at radius 2 is 2.05 bits per heavy atom. The van der Waals surface area contributed by atoms with Gasteiger partial charge in [0.2, 0.25) is 0 Å². The fourth-order valence-electron chi connectivity index (χ4n) is 3.69. The zero-order valence-corrected chi connectivity index (χ0v) is 12.3. The zero-order chi connectivity index (χ0) is 14.1. The van der Waals surface area contributed by atoms with Crippen molar-refractivity contribution in [2.45, 2.75) is 50.9 Å². The lowest BCUT2D eigenvalue weighted by molar-refractivity contribution is -0.166. The Hall–Kier alpha value is -0.620. The first-order valence-electron chi connectivity index (χ1n) is 6.76. The average molecular weight is 288 g/mol. The van der Waals surface area contributed by atoms with Crippen molar-refractivity contribution in [2.24, 2.45) is 17.3 Å². The molecule has 6 heteroatoms. The van der Waals surface area contributed by atoms with Crippen LogP contribution in [0.3, 0.4) is 0 Å². The molecule has 0 N–H and O–H groups in total. The highest BCUT2D eigenvalue weighted by Crippen LogP contribution is 2.60. The molecule has 4 unspecified atom stereocenters.